The molecule has 46 heavy (non-hydrogen) atoms. The van der Waals surface area contributed by atoms with Gasteiger partial charge in [-0.05, 0) is 44.1 Å². The number of fused-ring (bicyclic) bond motifs is 1. The molecule has 246 valence electrons. The smallest absolute Gasteiger partial charge is 0.349 e. The predicted octanol–water partition coefficient (Wildman–Crippen LogP) is 3.64. The number of nitrogens with one attached hydrogen (secondary N) is 5. The molecule has 2 aliphatic heterocycles. The van der Waals surface area contributed by atoms with E-state index in [9.17, 15) is 36.3 Å². The molecule has 6 rings (SSSR count). The van der Waals surface area contributed by atoms with E-state index < -0.39 is 42.6 Å². The van der Waals surface area contributed by atoms with Crippen molar-refractivity contribution in [2.75, 3.05) is 31.5 Å². The van der Waals surface area contributed by atoms with Gasteiger partial charge in [-0.25, -0.2) is 13.8 Å². The lowest BCUT2D eigenvalue weighted by atomic mass is 9.96. The maximum Gasteiger partial charge on any atom is 0.435 e. The fourth-order valence-electron chi connectivity index (χ4n) is 6.35. The molecule has 2 saturated heterocycles. The van der Waals surface area contributed by atoms with Gasteiger partial charge < -0.3 is 25.8 Å². The number of likely N-dealkylation sites (tertiary alicyclic amines) is 1. The molecule has 3 aromatic rings. The van der Waals surface area contributed by atoms with Crippen molar-refractivity contribution < 1.29 is 36.3 Å². The second-order valence-electron chi connectivity index (χ2n) is 11.8. The first-order valence-corrected chi connectivity index (χ1v) is 15.1. The van der Waals surface area contributed by atoms with E-state index in [1.54, 1.807) is 0 Å². The van der Waals surface area contributed by atoms with Gasteiger partial charge >= 0.3 is 6.18 Å². The number of hydrogen-bond acceptors (Lipinski definition) is 6. The normalized spacial score (nSPS) is 21.4. The summed E-state index contributed by atoms with van der Waals surface area (Å²) in [7, 11) is 0. The molecule has 5 N–H and O–H groups in total. The van der Waals surface area contributed by atoms with Crippen molar-refractivity contribution in [3.63, 3.8) is 0 Å². The Balaban J connectivity index is 1.03. The zero-order chi connectivity index (χ0) is 32.7. The summed E-state index contributed by atoms with van der Waals surface area (Å²) < 4.78 is 66.0. The van der Waals surface area contributed by atoms with Gasteiger partial charge in [0.15, 0.2) is 11.5 Å². The maximum absolute atomic E-state index is 13.4. The average Bonchev–Trinajstić information content (AvgIpc) is 3.45. The van der Waals surface area contributed by atoms with Crippen LogP contribution in [0.1, 0.15) is 56.5 Å². The monoisotopic (exact) mass is 668 g/mol. The Morgan fingerprint density at radius 1 is 1.09 bits per heavy atom. The third kappa shape index (κ3) is 6.72. The summed E-state index contributed by atoms with van der Waals surface area (Å²) in [5.41, 5.74) is -1.66. The zero-order valence-electron chi connectivity index (χ0n) is 24.2. The summed E-state index contributed by atoms with van der Waals surface area (Å²) in [6.45, 7) is 2.93. The van der Waals surface area contributed by atoms with Crippen LogP contribution >= 0.6 is 11.6 Å². The molecule has 3 amide bonds. The van der Waals surface area contributed by atoms with E-state index in [0.717, 1.165) is 32.1 Å². The van der Waals surface area contributed by atoms with E-state index >= 15 is 0 Å². The van der Waals surface area contributed by atoms with Gasteiger partial charge in [0.25, 0.3) is 11.8 Å². The number of benzene rings is 1. The first-order chi connectivity index (χ1) is 21.9. The fourth-order valence-corrected chi connectivity index (χ4v) is 6.61. The molecule has 3 aliphatic rings. The number of carbonyl (C=O) groups excluding carboxylic acids is 3. The molecule has 11 nitrogen and oxygen atoms in total. The molecule has 2 aromatic heterocycles. The van der Waals surface area contributed by atoms with E-state index in [0.29, 0.717) is 13.1 Å². The number of hydrogen-bond donors (Lipinski definition) is 5. The predicted molar refractivity (Wildman–Crippen MR) is 155 cm³/mol. The van der Waals surface area contributed by atoms with E-state index in [1.165, 1.54) is 18.2 Å². The third-order valence-electron chi connectivity index (χ3n) is 8.75. The minimum atomic E-state index is -4.87. The lowest BCUT2D eigenvalue weighted by molar-refractivity contribution is -0.141. The summed E-state index contributed by atoms with van der Waals surface area (Å²) in [6, 6.07) is 4.25. The summed E-state index contributed by atoms with van der Waals surface area (Å²) in [5.74, 6) is -0.709. The van der Waals surface area contributed by atoms with E-state index in [1.807, 2.05) is 10.00 Å². The molecule has 4 heterocycles. The van der Waals surface area contributed by atoms with Crippen molar-refractivity contribution >= 4 is 35.0 Å². The number of alkyl halides is 5. The number of rotatable bonds is 9. The van der Waals surface area contributed by atoms with Crippen molar-refractivity contribution in [1.29, 1.82) is 0 Å². The van der Waals surface area contributed by atoms with Crippen molar-refractivity contribution in [3.8, 4) is 0 Å². The van der Waals surface area contributed by atoms with Crippen molar-refractivity contribution in [2.24, 2.45) is 17.8 Å². The van der Waals surface area contributed by atoms with E-state index in [4.69, 9.17) is 11.6 Å². The second-order valence-corrected chi connectivity index (χ2v) is 12.2. The number of piperidine rings is 2. The SMILES string of the molecule is O=C(Nc1ccc(C(=O)NC2C3CN(C(=O)C4CCNCC4)CC32)c(Cl)c1)c1ncc(Cc2c(C(F)(F)F)n[nH]c2CC(F)F)[nH]1. The Kier molecular flexibility index (Phi) is 8.76. The zero-order valence-corrected chi connectivity index (χ0v) is 24.9. The topological polar surface area (TPSA) is 148 Å². The molecule has 0 bridgehead atoms. The van der Waals surface area contributed by atoms with Crippen molar-refractivity contribution in [2.45, 2.75) is 44.3 Å². The molecule has 2 atom stereocenters. The number of amides is 3. The van der Waals surface area contributed by atoms with Crippen LogP contribution in [0.5, 0.6) is 0 Å². The summed E-state index contributed by atoms with van der Waals surface area (Å²) in [6.07, 6.45) is -6.38. The molecule has 0 spiro atoms. The van der Waals surface area contributed by atoms with E-state index in [-0.39, 0.29) is 69.1 Å². The van der Waals surface area contributed by atoms with Crippen LogP contribution in [-0.4, -0.2) is 81.4 Å². The van der Waals surface area contributed by atoms with E-state index in [2.05, 4.69) is 31.0 Å². The first-order valence-electron chi connectivity index (χ1n) is 14.8. The van der Waals surface area contributed by atoms with Gasteiger partial charge in [0.05, 0.1) is 17.0 Å². The molecule has 1 aliphatic carbocycles. The van der Waals surface area contributed by atoms with Crippen LogP contribution in [0.4, 0.5) is 27.6 Å². The summed E-state index contributed by atoms with van der Waals surface area (Å²) in [5, 5.41) is 14.1. The first kappa shape index (κ1) is 31.9. The number of aromatic amines is 2. The number of anilines is 1. The lowest BCUT2D eigenvalue weighted by Gasteiger charge is -2.28. The van der Waals surface area contributed by atoms with Crippen LogP contribution in [0, 0.1) is 17.8 Å². The number of H-pyrrole nitrogens is 2. The van der Waals surface area contributed by atoms with Crippen LogP contribution in [0.2, 0.25) is 5.02 Å². The average molecular weight is 669 g/mol. The number of imidazole rings is 1. The van der Waals surface area contributed by atoms with Crippen LogP contribution in [0.15, 0.2) is 24.4 Å². The number of halogens is 6. The molecule has 3 fully saturated rings. The van der Waals surface area contributed by atoms with Crippen LogP contribution in [-0.2, 0) is 23.8 Å². The molecule has 1 saturated carbocycles. The Morgan fingerprint density at radius 3 is 2.46 bits per heavy atom. The highest BCUT2D eigenvalue weighted by atomic mass is 35.5. The Hall–Kier alpha value is -4.05. The van der Waals surface area contributed by atoms with Gasteiger partial charge in [0.2, 0.25) is 12.3 Å². The number of aromatic nitrogens is 4. The summed E-state index contributed by atoms with van der Waals surface area (Å²) >= 11 is 6.37. The van der Waals surface area contributed by atoms with Crippen LogP contribution < -0.4 is 16.0 Å². The molecular formula is C29H30ClF5N8O3. The largest absolute Gasteiger partial charge is 0.435 e. The van der Waals surface area contributed by atoms with Gasteiger partial charge in [0, 0.05) is 72.1 Å². The lowest BCUT2D eigenvalue weighted by Crippen LogP contribution is -2.43. The highest BCUT2D eigenvalue weighted by Gasteiger charge is 2.57. The Bertz CT molecular complexity index is 1620. The van der Waals surface area contributed by atoms with Gasteiger partial charge in [0.1, 0.15) is 0 Å². The number of nitrogens with zero attached hydrogens (tertiary/aromatic N) is 3. The maximum atomic E-state index is 13.4. The Morgan fingerprint density at radius 2 is 1.80 bits per heavy atom. The third-order valence-corrected chi connectivity index (χ3v) is 9.07. The number of carbonyl (C=O) groups is 3. The fraction of sp³-hybridized carbons (Fsp3) is 0.483. The van der Waals surface area contributed by atoms with Gasteiger partial charge in [-0.15, -0.1) is 0 Å². The standard InChI is InChI=1S/C29H30ClF5N8O3/c30-20-8-14(1-2-16(20)26(44)40-23-18-11-43(12-19(18)23)28(46)13-3-5-36-6-4-13)39-27(45)25-37-10-15(38-25)7-17-21(9-22(31)32)41-42-24(17)29(33,34)35/h1-2,8,10,13,18-19,22-23,36H,3-7,9,11-12H2,(H,37,38)(H,39,45)(H,40,44)(H,41,42). The minimum Gasteiger partial charge on any atom is -0.349 e. The molecule has 2 unspecified atom stereocenters. The van der Waals surface area contributed by atoms with Gasteiger partial charge in [-0.3, -0.25) is 19.5 Å². The van der Waals surface area contributed by atoms with Gasteiger partial charge in [-0.2, -0.15) is 18.3 Å². The van der Waals surface area contributed by atoms with Crippen molar-refractivity contribution in [1.82, 2.24) is 35.7 Å². The van der Waals surface area contributed by atoms with Gasteiger partial charge in [-0.1, -0.05) is 11.6 Å². The molecular weight excluding hydrogens is 639 g/mol. The van der Waals surface area contributed by atoms with Crippen LogP contribution in [0.25, 0.3) is 0 Å². The highest BCUT2D eigenvalue weighted by molar-refractivity contribution is 6.34. The molecule has 17 heteroatoms. The quantitative estimate of drug-likeness (QED) is 0.220. The minimum absolute atomic E-state index is 0.0473. The van der Waals surface area contributed by atoms with Crippen LogP contribution in [0.3, 0.4) is 0 Å². The van der Waals surface area contributed by atoms with Crippen molar-refractivity contribution in [3.05, 3.63) is 63.5 Å². The highest BCUT2D eigenvalue weighted by Crippen LogP contribution is 2.46. The molecule has 0 radical (unpaired) electrons. The Labute approximate surface area is 264 Å². The molecule has 1 aromatic carbocycles. The second kappa shape index (κ2) is 12.6. The summed E-state index contributed by atoms with van der Waals surface area (Å²) in [4.78, 5) is 47.0.